The van der Waals surface area contributed by atoms with Crippen molar-refractivity contribution in [3.63, 3.8) is 0 Å². The Kier molecular flexibility index (Phi) is 4.65. The van der Waals surface area contributed by atoms with Gasteiger partial charge in [0.15, 0.2) is 0 Å². The largest absolute Gasteiger partial charge is 0.382 e. The highest BCUT2D eigenvalue weighted by Gasteiger charge is 2.38. The molecule has 18 heavy (non-hydrogen) atoms. The van der Waals surface area contributed by atoms with Crippen LogP contribution < -0.4 is 5.32 Å². The maximum atomic E-state index is 3.68. The Morgan fingerprint density at radius 3 is 2.11 bits per heavy atom. The second-order valence-corrected chi connectivity index (χ2v) is 5.23. The lowest BCUT2D eigenvalue weighted by molar-refractivity contribution is 0.169. The molecule has 1 aromatic rings. The first-order chi connectivity index (χ1) is 8.83. The fourth-order valence-electron chi connectivity index (χ4n) is 3.30. The Morgan fingerprint density at radius 2 is 1.56 bits per heavy atom. The SMILES string of the molecule is CC.CN1[C@@H]2CC[C@H]1CC(Nc1ccccc1)C2. The zero-order valence-corrected chi connectivity index (χ0v) is 11.9. The Morgan fingerprint density at radius 1 is 1.00 bits per heavy atom. The van der Waals surface area contributed by atoms with E-state index in [1.165, 1.54) is 31.4 Å². The molecule has 0 amide bonds. The quantitative estimate of drug-likeness (QED) is 0.855. The molecular formula is C16H26N2. The van der Waals surface area contributed by atoms with Gasteiger partial charge in [0, 0.05) is 23.8 Å². The molecule has 1 N–H and O–H groups in total. The Balaban J connectivity index is 0.000000574. The number of fused-ring (bicyclic) bond motifs is 2. The van der Waals surface area contributed by atoms with Crippen molar-refractivity contribution in [1.29, 1.82) is 0 Å². The van der Waals surface area contributed by atoms with Gasteiger partial charge >= 0.3 is 0 Å². The Hall–Kier alpha value is -1.02. The van der Waals surface area contributed by atoms with Crippen molar-refractivity contribution in [3.8, 4) is 0 Å². The summed E-state index contributed by atoms with van der Waals surface area (Å²) >= 11 is 0. The van der Waals surface area contributed by atoms with Crippen LogP contribution in [0.3, 0.4) is 0 Å². The number of piperidine rings is 1. The van der Waals surface area contributed by atoms with Gasteiger partial charge in [-0.3, -0.25) is 0 Å². The summed E-state index contributed by atoms with van der Waals surface area (Å²) in [4.78, 5) is 2.59. The molecule has 2 heteroatoms. The summed E-state index contributed by atoms with van der Waals surface area (Å²) in [6.45, 7) is 4.00. The van der Waals surface area contributed by atoms with E-state index in [0.29, 0.717) is 6.04 Å². The van der Waals surface area contributed by atoms with Gasteiger partial charge in [-0.25, -0.2) is 0 Å². The third kappa shape index (κ3) is 2.86. The van der Waals surface area contributed by atoms with Gasteiger partial charge in [-0.15, -0.1) is 0 Å². The molecule has 0 aromatic heterocycles. The van der Waals surface area contributed by atoms with Crippen molar-refractivity contribution >= 4 is 5.69 Å². The van der Waals surface area contributed by atoms with Crippen LogP contribution in [0.15, 0.2) is 30.3 Å². The molecule has 100 valence electrons. The van der Waals surface area contributed by atoms with Gasteiger partial charge in [0.25, 0.3) is 0 Å². The first-order valence-corrected chi connectivity index (χ1v) is 7.36. The molecule has 2 heterocycles. The minimum atomic E-state index is 0.677. The molecule has 2 nitrogen and oxygen atoms in total. The molecule has 3 rings (SSSR count). The van der Waals surface area contributed by atoms with Crippen LogP contribution in [0, 0.1) is 0 Å². The number of hydrogen-bond donors (Lipinski definition) is 1. The van der Waals surface area contributed by atoms with E-state index in [2.05, 4.69) is 47.6 Å². The first kappa shape index (κ1) is 13.4. The topological polar surface area (TPSA) is 15.3 Å². The lowest BCUT2D eigenvalue weighted by atomic mass is 9.98. The predicted molar refractivity (Wildman–Crippen MR) is 79.0 cm³/mol. The fraction of sp³-hybridized carbons (Fsp3) is 0.625. The average molecular weight is 246 g/mol. The highest BCUT2D eigenvalue weighted by atomic mass is 15.2. The number of hydrogen-bond acceptors (Lipinski definition) is 2. The van der Waals surface area contributed by atoms with Crippen molar-refractivity contribution in [1.82, 2.24) is 4.90 Å². The number of para-hydroxylation sites is 1. The van der Waals surface area contributed by atoms with E-state index in [9.17, 15) is 0 Å². The van der Waals surface area contributed by atoms with Crippen LogP contribution in [0.4, 0.5) is 5.69 Å². The third-order valence-corrected chi connectivity index (χ3v) is 4.24. The zero-order valence-electron chi connectivity index (χ0n) is 11.9. The van der Waals surface area contributed by atoms with Gasteiger partial charge in [0.05, 0.1) is 0 Å². The fourth-order valence-corrected chi connectivity index (χ4v) is 3.30. The zero-order chi connectivity index (χ0) is 13.0. The standard InChI is InChI=1S/C14H20N2.C2H6/c1-16-13-7-8-14(16)10-12(9-13)15-11-5-3-2-4-6-11;1-2/h2-6,12-15H,7-10H2,1H3;1-2H3/t12?,13-,14+;. The molecule has 1 unspecified atom stereocenters. The maximum absolute atomic E-state index is 3.68. The summed E-state index contributed by atoms with van der Waals surface area (Å²) in [6, 6.07) is 12.9. The van der Waals surface area contributed by atoms with E-state index in [-0.39, 0.29) is 0 Å². The van der Waals surface area contributed by atoms with Crippen molar-refractivity contribution < 1.29 is 0 Å². The lowest BCUT2D eigenvalue weighted by Crippen LogP contribution is -2.44. The van der Waals surface area contributed by atoms with E-state index in [1.807, 2.05) is 13.8 Å². The predicted octanol–water partition coefficient (Wildman–Crippen LogP) is 3.75. The van der Waals surface area contributed by atoms with Crippen molar-refractivity contribution in [3.05, 3.63) is 30.3 Å². The summed E-state index contributed by atoms with van der Waals surface area (Å²) in [5, 5.41) is 3.68. The molecule has 3 atom stereocenters. The van der Waals surface area contributed by atoms with Gasteiger partial charge < -0.3 is 10.2 Å². The van der Waals surface area contributed by atoms with Crippen LogP contribution in [-0.2, 0) is 0 Å². The number of nitrogens with one attached hydrogen (secondary N) is 1. The van der Waals surface area contributed by atoms with E-state index in [4.69, 9.17) is 0 Å². The summed E-state index contributed by atoms with van der Waals surface area (Å²) in [5.41, 5.74) is 1.27. The van der Waals surface area contributed by atoms with Crippen LogP contribution >= 0.6 is 0 Å². The molecule has 2 saturated heterocycles. The monoisotopic (exact) mass is 246 g/mol. The van der Waals surface area contributed by atoms with E-state index in [1.54, 1.807) is 0 Å². The van der Waals surface area contributed by atoms with Gasteiger partial charge in [-0.1, -0.05) is 32.0 Å². The Labute approximate surface area is 111 Å². The van der Waals surface area contributed by atoms with Crippen LogP contribution in [-0.4, -0.2) is 30.1 Å². The molecular weight excluding hydrogens is 220 g/mol. The molecule has 1 aromatic carbocycles. The molecule has 2 aliphatic heterocycles. The number of nitrogens with zero attached hydrogens (tertiary/aromatic N) is 1. The lowest BCUT2D eigenvalue weighted by Gasteiger charge is -2.37. The minimum Gasteiger partial charge on any atom is -0.382 e. The molecule has 0 aliphatic carbocycles. The highest BCUT2D eigenvalue weighted by Crippen LogP contribution is 2.35. The van der Waals surface area contributed by atoms with Gasteiger partial charge in [0.2, 0.25) is 0 Å². The molecule has 2 aliphatic rings. The normalized spacial score (nSPS) is 30.5. The smallest absolute Gasteiger partial charge is 0.0342 e. The van der Waals surface area contributed by atoms with E-state index in [0.717, 1.165) is 12.1 Å². The summed E-state index contributed by atoms with van der Waals surface area (Å²) < 4.78 is 0. The summed E-state index contributed by atoms with van der Waals surface area (Å²) in [5.74, 6) is 0. The van der Waals surface area contributed by atoms with Gasteiger partial charge in [-0.2, -0.15) is 0 Å². The van der Waals surface area contributed by atoms with Crippen LogP contribution in [0.25, 0.3) is 0 Å². The summed E-state index contributed by atoms with van der Waals surface area (Å²) in [7, 11) is 2.29. The van der Waals surface area contributed by atoms with Gasteiger partial charge in [-0.05, 0) is 44.9 Å². The van der Waals surface area contributed by atoms with Crippen molar-refractivity contribution in [2.45, 2.75) is 57.7 Å². The van der Waals surface area contributed by atoms with Crippen LogP contribution in [0.2, 0.25) is 0 Å². The number of benzene rings is 1. The van der Waals surface area contributed by atoms with Crippen molar-refractivity contribution in [2.75, 3.05) is 12.4 Å². The Bertz CT molecular complexity index is 335. The third-order valence-electron chi connectivity index (χ3n) is 4.24. The number of rotatable bonds is 2. The van der Waals surface area contributed by atoms with Crippen molar-refractivity contribution in [2.24, 2.45) is 0 Å². The summed E-state index contributed by atoms with van der Waals surface area (Å²) in [6.07, 6.45) is 5.41. The van der Waals surface area contributed by atoms with Gasteiger partial charge in [0.1, 0.15) is 0 Å². The molecule has 2 bridgehead atoms. The maximum Gasteiger partial charge on any atom is 0.0342 e. The average Bonchev–Trinajstić information content (AvgIpc) is 2.65. The second kappa shape index (κ2) is 6.24. The minimum absolute atomic E-state index is 0.677. The highest BCUT2D eigenvalue weighted by molar-refractivity contribution is 5.43. The number of anilines is 1. The van der Waals surface area contributed by atoms with E-state index < -0.39 is 0 Å². The van der Waals surface area contributed by atoms with Crippen LogP contribution in [0.1, 0.15) is 39.5 Å². The van der Waals surface area contributed by atoms with E-state index >= 15 is 0 Å². The molecule has 0 radical (unpaired) electrons. The molecule has 0 spiro atoms. The molecule has 0 saturated carbocycles. The van der Waals surface area contributed by atoms with Crippen LogP contribution in [0.5, 0.6) is 0 Å². The first-order valence-electron chi connectivity index (χ1n) is 7.36. The second-order valence-electron chi connectivity index (χ2n) is 5.23. The molecule has 2 fully saturated rings.